The van der Waals surface area contributed by atoms with Gasteiger partial charge in [-0.05, 0) is 24.3 Å². The van der Waals surface area contributed by atoms with Gasteiger partial charge in [-0.1, -0.05) is 11.6 Å². The van der Waals surface area contributed by atoms with Gasteiger partial charge in [0.25, 0.3) is 0 Å². The zero-order valence-corrected chi connectivity index (χ0v) is 10.4. The van der Waals surface area contributed by atoms with E-state index in [0.717, 1.165) is 16.6 Å². The lowest BCUT2D eigenvalue weighted by atomic mass is 10.1. The van der Waals surface area contributed by atoms with Gasteiger partial charge in [-0.25, -0.2) is 0 Å². The van der Waals surface area contributed by atoms with Crippen LogP contribution in [0.2, 0.25) is 5.02 Å². The first-order chi connectivity index (χ1) is 8.72. The van der Waals surface area contributed by atoms with Crippen molar-refractivity contribution in [3.63, 3.8) is 0 Å². The molecular weight excluding hydrogens is 250 g/mol. The summed E-state index contributed by atoms with van der Waals surface area (Å²) in [6.07, 6.45) is 2.25. The molecule has 2 aromatic rings. The van der Waals surface area contributed by atoms with Gasteiger partial charge in [0, 0.05) is 35.3 Å². The minimum atomic E-state index is 0.0916. The lowest BCUT2D eigenvalue weighted by molar-refractivity contribution is -0.119. The van der Waals surface area contributed by atoms with Crippen molar-refractivity contribution in [2.45, 2.75) is 12.5 Å². The second kappa shape index (κ2) is 4.46. The Labute approximate surface area is 109 Å². The first kappa shape index (κ1) is 11.3. The van der Waals surface area contributed by atoms with Crippen molar-refractivity contribution < 1.29 is 4.79 Å². The van der Waals surface area contributed by atoms with Crippen LogP contribution < -0.4 is 10.6 Å². The smallest absolute Gasteiger partial charge is 0.222 e. The molecule has 1 aliphatic rings. The molecule has 0 aliphatic carbocycles. The highest BCUT2D eigenvalue weighted by Gasteiger charge is 2.21. The van der Waals surface area contributed by atoms with Gasteiger partial charge >= 0.3 is 0 Å². The Bertz CT molecular complexity index is 614. The van der Waals surface area contributed by atoms with E-state index in [2.05, 4.69) is 15.6 Å². The fraction of sp³-hybridized carbons (Fsp3) is 0.231. The van der Waals surface area contributed by atoms with Crippen molar-refractivity contribution in [1.82, 2.24) is 10.3 Å². The summed E-state index contributed by atoms with van der Waals surface area (Å²) in [6.45, 7) is 0.663. The maximum absolute atomic E-state index is 11.2. The Hall–Kier alpha value is -1.81. The van der Waals surface area contributed by atoms with Crippen LogP contribution in [-0.2, 0) is 4.79 Å². The summed E-state index contributed by atoms with van der Waals surface area (Å²) >= 11 is 5.95. The van der Waals surface area contributed by atoms with Gasteiger partial charge in [-0.2, -0.15) is 0 Å². The topological polar surface area (TPSA) is 54.0 Å². The number of benzene rings is 1. The first-order valence-corrected chi connectivity index (χ1v) is 6.18. The Morgan fingerprint density at radius 1 is 1.39 bits per heavy atom. The van der Waals surface area contributed by atoms with E-state index in [9.17, 15) is 4.79 Å². The van der Waals surface area contributed by atoms with Crippen LogP contribution in [0.5, 0.6) is 0 Å². The molecule has 5 heteroatoms. The number of hydrogen-bond acceptors (Lipinski definition) is 3. The molecule has 2 heterocycles. The number of pyridine rings is 1. The van der Waals surface area contributed by atoms with E-state index in [1.54, 1.807) is 6.20 Å². The van der Waals surface area contributed by atoms with Gasteiger partial charge < -0.3 is 10.6 Å². The minimum absolute atomic E-state index is 0.0916. The number of aromatic nitrogens is 1. The summed E-state index contributed by atoms with van der Waals surface area (Å²) in [4.78, 5) is 15.5. The SMILES string of the molecule is O=C1CC(Nc2ccnc3cc(Cl)ccc23)CN1. The highest BCUT2D eigenvalue weighted by molar-refractivity contribution is 6.31. The van der Waals surface area contributed by atoms with Gasteiger partial charge in [-0.3, -0.25) is 9.78 Å². The molecule has 1 aliphatic heterocycles. The Kier molecular flexibility index (Phi) is 2.80. The molecule has 0 bridgehead atoms. The monoisotopic (exact) mass is 261 g/mol. The van der Waals surface area contributed by atoms with Crippen LogP contribution in [0.1, 0.15) is 6.42 Å². The van der Waals surface area contributed by atoms with E-state index in [-0.39, 0.29) is 11.9 Å². The Morgan fingerprint density at radius 2 is 2.28 bits per heavy atom. The molecule has 4 nitrogen and oxygen atoms in total. The third kappa shape index (κ3) is 2.11. The number of rotatable bonds is 2. The molecule has 1 amide bonds. The normalized spacial score (nSPS) is 18.9. The quantitative estimate of drug-likeness (QED) is 0.871. The van der Waals surface area contributed by atoms with Gasteiger partial charge in [0.2, 0.25) is 5.91 Å². The predicted molar refractivity (Wildman–Crippen MR) is 71.8 cm³/mol. The van der Waals surface area contributed by atoms with Crippen LogP contribution in [0.15, 0.2) is 30.5 Å². The van der Waals surface area contributed by atoms with Crippen LogP contribution in [0.25, 0.3) is 10.9 Å². The molecule has 1 aromatic heterocycles. The van der Waals surface area contributed by atoms with E-state index in [1.165, 1.54) is 0 Å². The lowest BCUT2D eigenvalue weighted by Gasteiger charge is -2.14. The Balaban J connectivity index is 1.94. The second-order valence-electron chi connectivity index (χ2n) is 4.37. The van der Waals surface area contributed by atoms with E-state index in [4.69, 9.17) is 11.6 Å². The number of fused-ring (bicyclic) bond motifs is 1. The number of amides is 1. The number of halogens is 1. The third-order valence-corrected chi connectivity index (χ3v) is 3.28. The summed E-state index contributed by atoms with van der Waals surface area (Å²) in [7, 11) is 0. The van der Waals surface area contributed by atoms with Crippen molar-refractivity contribution in [2.75, 3.05) is 11.9 Å². The standard InChI is InChI=1S/C13H12ClN3O/c14-8-1-2-10-11(3-4-15-12(10)5-8)17-9-6-13(18)16-7-9/h1-5,9H,6-7H2,(H,15,17)(H,16,18). The zero-order chi connectivity index (χ0) is 12.5. The van der Waals surface area contributed by atoms with E-state index < -0.39 is 0 Å². The molecule has 3 rings (SSSR count). The minimum Gasteiger partial charge on any atom is -0.379 e. The fourth-order valence-electron chi connectivity index (χ4n) is 2.17. The van der Waals surface area contributed by atoms with Crippen LogP contribution in [0, 0.1) is 0 Å². The average Bonchev–Trinajstić information content (AvgIpc) is 2.75. The van der Waals surface area contributed by atoms with Crippen LogP contribution in [0.3, 0.4) is 0 Å². The zero-order valence-electron chi connectivity index (χ0n) is 9.61. The molecule has 1 atom stereocenters. The fourth-order valence-corrected chi connectivity index (χ4v) is 2.34. The van der Waals surface area contributed by atoms with Gasteiger partial charge in [0.1, 0.15) is 0 Å². The molecule has 2 N–H and O–H groups in total. The molecule has 92 valence electrons. The van der Waals surface area contributed by atoms with E-state index in [1.807, 2.05) is 24.3 Å². The maximum atomic E-state index is 11.2. The average molecular weight is 262 g/mol. The van der Waals surface area contributed by atoms with Crippen molar-refractivity contribution in [2.24, 2.45) is 0 Å². The van der Waals surface area contributed by atoms with Crippen LogP contribution >= 0.6 is 11.6 Å². The lowest BCUT2D eigenvalue weighted by Crippen LogP contribution is -2.22. The summed E-state index contributed by atoms with van der Waals surface area (Å²) in [5.41, 5.74) is 1.84. The summed E-state index contributed by atoms with van der Waals surface area (Å²) in [6, 6.07) is 7.67. The van der Waals surface area contributed by atoms with Gasteiger partial charge in [0.05, 0.1) is 11.6 Å². The number of carbonyl (C=O) groups is 1. The molecule has 1 saturated heterocycles. The number of hydrogen-bond donors (Lipinski definition) is 2. The number of nitrogens with zero attached hydrogens (tertiary/aromatic N) is 1. The Morgan fingerprint density at radius 3 is 3.06 bits per heavy atom. The van der Waals surface area contributed by atoms with Gasteiger partial charge in [0.15, 0.2) is 0 Å². The first-order valence-electron chi connectivity index (χ1n) is 5.80. The number of nitrogens with one attached hydrogen (secondary N) is 2. The van der Waals surface area contributed by atoms with Crippen molar-refractivity contribution in [3.05, 3.63) is 35.5 Å². The second-order valence-corrected chi connectivity index (χ2v) is 4.81. The van der Waals surface area contributed by atoms with Crippen molar-refractivity contribution in [3.8, 4) is 0 Å². The molecular formula is C13H12ClN3O. The van der Waals surface area contributed by atoms with Crippen molar-refractivity contribution >= 4 is 34.1 Å². The predicted octanol–water partition coefficient (Wildman–Crippen LogP) is 2.19. The molecule has 0 saturated carbocycles. The van der Waals surface area contributed by atoms with Crippen LogP contribution in [0.4, 0.5) is 5.69 Å². The number of anilines is 1. The molecule has 0 spiro atoms. The van der Waals surface area contributed by atoms with Crippen LogP contribution in [-0.4, -0.2) is 23.5 Å². The molecule has 1 fully saturated rings. The van der Waals surface area contributed by atoms with E-state index in [0.29, 0.717) is 18.0 Å². The largest absolute Gasteiger partial charge is 0.379 e. The highest BCUT2D eigenvalue weighted by atomic mass is 35.5. The molecule has 0 radical (unpaired) electrons. The maximum Gasteiger partial charge on any atom is 0.222 e. The molecule has 1 aromatic carbocycles. The third-order valence-electron chi connectivity index (χ3n) is 3.04. The number of carbonyl (C=O) groups excluding carboxylic acids is 1. The van der Waals surface area contributed by atoms with E-state index >= 15 is 0 Å². The van der Waals surface area contributed by atoms with Crippen molar-refractivity contribution in [1.29, 1.82) is 0 Å². The highest BCUT2D eigenvalue weighted by Crippen LogP contribution is 2.25. The van der Waals surface area contributed by atoms with Gasteiger partial charge in [-0.15, -0.1) is 0 Å². The molecule has 1 unspecified atom stereocenters. The summed E-state index contributed by atoms with van der Waals surface area (Å²) in [5.74, 6) is 0.0916. The summed E-state index contributed by atoms with van der Waals surface area (Å²) in [5, 5.41) is 7.86. The molecule has 18 heavy (non-hydrogen) atoms. The summed E-state index contributed by atoms with van der Waals surface area (Å²) < 4.78 is 0.